The fourth-order valence-electron chi connectivity index (χ4n) is 1.80. The van der Waals surface area contributed by atoms with Crippen LogP contribution in [-0.4, -0.2) is 7.05 Å². The van der Waals surface area contributed by atoms with Crippen molar-refractivity contribution in [1.82, 2.24) is 5.32 Å². The van der Waals surface area contributed by atoms with Crippen molar-refractivity contribution in [2.45, 2.75) is 13.0 Å². The second-order valence-electron chi connectivity index (χ2n) is 4.35. The Hall–Kier alpha value is -1.46. The molecule has 2 aromatic carbocycles. The molecular formula is C15H14BrF2NO. The third-order valence-electron chi connectivity index (χ3n) is 3.00. The highest BCUT2D eigenvalue weighted by atomic mass is 79.9. The van der Waals surface area contributed by atoms with E-state index in [1.165, 1.54) is 24.3 Å². The maximum Gasteiger partial charge on any atom is 0.167 e. The molecule has 0 aromatic heterocycles. The SMILES string of the molecule is CNC(C)c1cccc(F)c1Oc1cc(F)ccc1Br. The molecule has 1 N–H and O–H groups in total. The second kappa shape index (κ2) is 6.33. The highest BCUT2D eigenvalue weighted by Gasteiger charge is 2.16. The predicted octanol–water partition coefficient (Wildman–Crippen LogP) is 4.80. The predicted molar refractivity (Wildman–Crippen MR) is 78.0 cm³/mol. The third kappa shape index (κ3) is 3.16. The van der Waals surface area contributed by atoms with Crippen LogP contribution in [0, 0.1) is 11.6 Å². The van der Waals surface area contributed by atoms with Gasteiger partial charge in [0.25, 0.3) is 0 Å². The Morgan fingerprint density at radius 2 is 1.95 bits per heavy atom. The van der Waals surface area contributed by atoms with Gasteiger partial charge in [-0.25, -0.2) is 8.78 Å². The van der Waals surface area contributed by atoms with Crippen LogP contribution in [0.15, 0.2) is 40.9 Å². The number of hydrogen-bond acceptors (Lipinski definition) is 2. The zero-order chi connectivity index (χ0) is 14.7. The van der Waals surface area contributed by atoms with E-state index in [-0.39, 0.29) is 17.5 Å². The first-order chi connectivity index (χ1) is 9.52. The summed E-state index contributed by atoms with van der Waals surface area (Å²) >= 11 is 3.26. The summed E-state index contributed by atoms with van der Waals surface area (Å²) in [5.41, 5.74) is 0.670. The Morgan fingerprint density at radius 1 is 1.20 bits per heavy atom. The van der Waals surface area contributed by atoms with Gasteiger partial charge in [0.2, 0.25) is 0 Å². The van der Waals surface area contributed by atoms with Gasteiger partial charge in [0, 0.05) is 17.7 Å². The molecule has 5 heteroatoms. The molecule has 0 bridgehead atoms. The fourth-order valence-corrected chi connectivity index (χ4v) is 2.12. The maximum atomic E-state index is 14.0. The van der Waals surface area contributed by atoms with Gasteiger partial charge >= 0.3 is 0 Å². The topological polar surface area (TPSA) is 21.3 Å². The summed E-state index contributed by atoms with van der Waals surface area (Å²) in [7, 11) is 1.78. The molecule has 0 amide bonds. The molecule has 106 valence electrons. The van der Waals surface area contributed by atoms with Crippen molar-refractivity contribution in [3.05, 3.63) is 58.1 Å². The molecule has 2 rings (SSSR count). The van der Waals surface area contributed by atoms with Crippen molar-refractivity contribution >= 4 is 15.9 Å². The van der Waals surface area contributed by atoms with Crippen LogP contribution in [0.1, 0.15) is 18.5 Å². The standard InChI is InChI=1S/C15H14BrF2NO/c1-9(19-2)11-4-3-5-13(18)15(11)20-14-8-10(17)6-7-12(14)16/h3-9,19H,1-2H3. The summed E-state index contributed by atoms with van der Waals surface area (Å²) in [6, 6.07) is 8.65. The van der Waals surface area contributed by atoms with Gasteiger partial charge in [-0.15, -0.1) is 0 Å². The van der Waals surface area contributed by atoms with E-state index in [1.54, 1.807) is 19.2 Å². The zero-order valence-corrected chi connectivity index (χ0v) is 12.7. The van der Waals surface area contributed by atoms with Gasteiger partial charge < -0.3 is 10.1 Å². The van der Waals surface area contributed by atoms with Crippen molar-refractivity contribution in [2.75, 3.05) is 7.05 Å². The number of benzene rings is 2. The largest absolute Gasteiger partial charge is 0.453 e. The lowest BCUT2D eigenvalue weighted by atomic mass is 10.1. The minimum absolute atomic E-state index is 0.0898. The van der Waals surface area contributed by atoms with E-state index in [9.17, 15) is 8.78 Å². The average Bonchev–Trinajstić information content (AvgIpc) is 2.44. The summed E-state index contributed by atoms with van der Waals surface area (Å²) in [6.07, 6.45) is 0. The zero-order valence-electron chi connectivity index (χ0n) is 11.1. The molecule has 0 saturated heterocycles. The average molecular weight is 342 g/mol. The summed E-state index contributed by atoms with van der Waals surface area (Å²) in [6.45, 7) is 1.89. The molecule has 1 unspecified atom stereocenters. The van der Waals surface area contributed by atoms with Crippen LogP contribution in [0.25, 0.3) is 0 Å². The second-order valence-corrected chi connectivity index (χ2v) is 5.20. The van der Waals surface area contributed by atoms with E-state index in [2.05, 4.69) is 21.2 Å². The van der Waals surface area contributed by atoms with E-state index in [1.807, 2.05) is 6.92 Å². The molecule has 0 radical (unpaired) electrons. The maximum absolute atomic E-state index is 14.0. The van der Waals surface area contributed by atoms with E-state index >= 15 is 0 Å². The molecule has 0 spiro atoms. The molecule has 20 heavy (non-hydrogen) atoms. The molecule has 2 aromatic rings. The molecule has 0 fully saturated rings. The quantitative estimate of drug-likeness (QED) is 0.862. The molecule has 0 saturated carbocycles. The highest BCUT2D eigenvalue weighted by Crippen LogP contribution is 2.35. The first-order valence-corrected chi connectivity index (χ1v) is 6.90. The van der Waals surface area contributed by atoms with Crippen molar-refractivity contribution in [3.63, 3.8) is 0 Å². The molecule has 0 heterocycles. The Bertz CT molecular complexity index is 619. The monoisotopic (exact) mass is 341 g/mol. The Balaban J connectivity index is 2.45. The van der Waals surface area contributed by atoms with Crippen LogP contribution in [0.3, 0.4) is 0 Å². The Labute approximate surface area is 124 Å². The fraction of sp³-hybridized carbons (Fsp3) is 0.200. The lowest BCUT2D eigenvalue weighted by Crippen LogP contribution is -2.13. The molecule has 2 nitrogen and oxygen atoms in total. The first-order valence-electron chi connectivity index (χ1n) is 6.11. The van der Waals surface area contributed by atoms with Gasteiger partial charge in [0.15, 0.2) is 11.6 Å². The minimum atomic E-state index is -0.485. The van der Waals surface area contributed by atoms with Gasteiger partial charge in [-0.3, -0.25) is 0 Å². The minimum Gasteiger partial charge on any atom is -0.453 e. The van der Waals surface area contributed by atoms with Gasteiger partial charge in [-0.05, 0) is 48.1 Å². The number of para-hydroxylation sites is 1. The number of nitrogens with one attached hydrogen (secondary N) is 1. The summed E-state index contributed by atoms with van der Waals surface area (Å²) in [5, 5.41) is 3.03. The lowest BCUT2D eigenvalue weighted by Gasteiger charge is -2.17. The van der Waals surface area contributed by atoms with Crippen molar-refractivity contribution < 1.29 is 13.5 Å². The molecule has 0 aliphatic carbocycles. The highest BCUT2D eigenvalue weighted by molar-refractivity contribution is 9.10. The number of halogens is 3. The summed E-state index contributed by atoms with van der Waals surface area (Å²) in [4.78, 5) is 0. The van der Waals surface area contributed by atoms with Crippen molar-refractivity contribution in [1.29, 1.82) is 0 Å². The summed E-state index contributed by atoms with van der Waals surface area (Å²) < 4.78 is 33.4. The van der Waals surface area contributed by atoms with Crippen LogP contribution >= 0.6 is 15.9 Å². The Kier molecular flexibility index (Phi) is 4.73. The first kappa shape index (κ1) is 14.9. The van der Waals surface area contributed by atoms with E-state index in [0.717, 1.165) is 0 Å². The summed E-state index contributed by atoms with van der Waals surface area (Å²) in [5.74, 6) is -0.594. The number of hydrogen-bond donors (Lipinski definition) is 1. The smallest absolute Gasteiger partial charge is 0.167 e. The number of rotatable bonds is 4. The normalized spacial score (nSPS) is 12.2. The molecule has 0 aliphatic heterocycles. The van der Waals surface area contributed by atoms with Crippen molar-refractivity contribution in [2.24, 2.45) is 0 Å². The third-order valence-corrected chi connectivity index (χ3v) is 3.66. The molecule has 0 aliphatic rings. The van der Waals surface area contributed by atoms with Crippen LogP contribution < -0.4 is 10.1 Å². The van der Waals surface area contributed by atoms with Crippen LogP contribution in [0.2, 0.25) is 0 Å². The van der Waals surface area contributed by atoms with E-state index in [4.69, 9.17) is 4.74 Å². The Morgan fingerprint density at radius 3 is 2.65 bits per heavy atom. The van der Waals surface area contributed by atoms with Crippen LogP contribution in [0.4, 0.5) is 8.78 Å². The molecular weight excluding hydrogens is 328 g/mol. The van der Waals surface area contributed by atoms with Crippen molar-refractivity contribution in [3.8, 4) is 11.5 Å². The lowest BCUT2D eigenvalue weighted by molar-refractivity contribution is 0.423. The van der Waals surface area contributed by atoms with E-state index in [0.29, 0.717) is 10.0 Å². The van der Waals surface area contributed by atoms with Crippen LogP contribution in [-0.2, 0) is 0 Å². The van der Waals surface area contributed by atoms with Gasteiger partial charge in [0.1, 0.15) is 11.6 Å². The van der Waals surface area contributed by atoms with Gasteiger partial charge in [-0.1, -0.05) is 12.1 Å². The molecule has 1 atom stereocenters. The van der Waals surface area contributed by atoms with Crippen LogP contribution in [0.5, 0.6) is 11.5 Å². The van der Waals surface area contributed by atoms with E-state index < -0.39 is 11.6 Å². The van der Waals surface area contributed by atoms with Gasteiger partial charge in [0.05, 0.1) is 4.47 Å². The number of ether oxygens (including phenoxy) is 1. The van der Waals surface area contributed by atoms with Gasteiger partial charge in [-0.2, -0.15) is 0 Å².